The Kier molecular flexibility index (Phi) is 4.93. The molecule has 4 rings (SSSR count). The molecule has 7 heteroatoms. The lowest BCUT2D eigenvalue weighted by Gasteiger charge is -2.19. The second-order valence-corrected chi connectivity index (χ2v) is 8.01. The Bertz CT molecular complexity index is 893. The van der Waals surface area contributed by atoms with Crippen LogP contribution in [0, 0.1) is 25.7 Å². The van der Waals surface area contributed by atoms with Crippen molar-refractivity contribution in [2.75, 3.05) is 13.1 Å². The highest BCUT2D eigenvalue weighted by Crippen LogP contribution is 2.39. The number of aryl methyl sites for hydroxylation is 2. The number of amides is 1. The van der Waals surface area contributed by atoms with Crippen molar-refractivity contribution in [2.24, 2.45) is 11.8 Å². The van der Waals surface area contributed by atoms with Gasteiger partial charge in [-0.15, -0.1) is 0 Å². The Morgan fingerprint density at radius 3 is 2.54 bits per heavy atom. The van der Waals surface area contributed by atoms with E-state index in [-0.39, 0.29) is 17.8 Å². The molecule has 2 fully saturated rings. The molecule has 2 aromatic rings. The molecule has 1 aromatic heterocycles. The molecule has 1 amide bonds. The number of nitrogens with zero attached hydrogens (tertiary/aromatic N) is 3. The van der Waals surface area contributed by atoms with Crippen molar-refractivity contribution in [3.8, 4) is 0 Å². The molecule has 3 atom stereocenters. The third-order valence-corrected chi connectivity index (χ3v) is 5.84. The van der Waals surface area contributed by atoms with Gasteiger partial charge in [0.1, 0.15) is 0 Å². The number of carboxylic acid groups (broad SMARTS) is 1. The van der Waals surface area contributed by atoms with Crippen LogP contribution in [-0.2, 0) is 11.3 Å². The van der Waals surface area contributed by atoms with E-state index in [0.29, 0.717) is 37.1 Å². The highest BCUT2D eigenvalue weighted by atomic mass is 16.5. The average Bonchev–Trinajstić information content (AvgIpc) is 3.32. The van der Waals surface area contributed by atoms with Gasteiger partial charge in [0.15, 0.2) is 5.69 Å². The summed E-state index contributed by atoms with van der Waals surface area (Å²) in [6, 6.07) is 8.11. The normalized spacial score (nSPS) is 23.8. The largest absolute Gasteiger partial charge is 0.476 e. The number of hydrogen-bond donors (Lipinski definition) is 1. The van der Waals surface area contributed by atoms with E-state index in [9.17, 15) is 9.59 Å². The fourth-order valence-corrected chi connectivity index (χ4v) is 4.47. The molecule has 1 unspecified atom stereocenters. The molecule has 1 saturated heterocycles. The van der Waals surface area contributed by atoms with Crippen molar-refractivity contribution in [3.63, 3.8) is 0 Å². The van der Waals surface area contributed by atoms with Gasteiger partial charge in [0.25, 0.3) is 0 Å². The van der Waals surface area contributed by atoms with Crippen molar-refractivity contribution in [1.82, 2.24) is 14.7 Å². The summed E-state index contributed by atoms with van der Waals surface area (Å²) >= 11 is 0. The van der Waals surface area contributed by atoms with E-state index in [0.717, 1.165) is 17.5 Å². The topological polar surface area (TPSA) is 84.7 Å². The minimum Gasteiger partial charge on any atom is -0.476 e. The van der Waals surface area contributed by atoms with E-state index in [1.54, 1.807) is 11.8 Å². The molecule has 2 aliphatic rings. The maximum absolute atomic E-state index is 12.7. The fraction of sp³-hybridized carbons (Fsp3) is 0.476. The summed E-state index contributed by atoms with van der Waals surface area (Å²) in [4.78, 5) is 25.6. The van der Waals surface area contributed by atoms with Gasteiger partial charge in [-0.2, -0.15) is 9.78 Å². The number of fused-ring (bicyclic) bond motifs is 1. The van der Waals surface area contributed by atoms with Gasteiger partial charge in [-0.25, -0.2) is 9.59 Å². The van der Waals surface area contributed by atoms with Gasteiger partial charge in [-0.05, 0) is 44.1 Å². The summed E-state index contributed by atoms with van der Waals surface area (Å²) in [5.41, 5.74) is 2.85. The molecule has 2 heterocycles. The van der Waals surface area contributed by atoms with Crippen LogP contribution in [0.1, 0.15) is 40.0 Å². The number of carboxylic acids is 1. The fourth-order valence-electron chi connectivity index (χ4n) is 4.47. The molecule has 0 spiro atoms. The number of hydrogen-bond acceptors (Lipinski definition) is 4. The summed E-state index contributed by atoms with van der Waals surface area (Å²) < 4.78 is 7.28. The summed E-state index contributed by atoms with van der Waals surface area (Å²) in [5.74, 6) is -0.250. The van der Waals surface area contributed by atoms with Gasteiger partial charge in [-0.3, -0.25) is 0 Å². The third-order valence-electron chi connectivity index (χ3n) is 5.84. The number of ether oxygens (including phenoxy) is 1. The number of carbonyl (C=O) groups excluding carboxylic acids is 1. The zero-order valence-electron chi connectivity index (χ0n) is 16.2. The summed E-state index contributed by atoms with van der Waals surface area (Å²) in [7, 11) is 0. The van der Waals surface area contributed by atoms with Crippen LogP contribution in [0.4, 0.5) is 4.79 Å². The van der Waals surface area contributed by atoms with Gasteiger partial charge in [-0.1, -0.05) is 29.8 Å². The summed E-state index contributed by atoms with van der Waals surface area (Å²) in [5, 5.41) is 13.1. The number of aromatic carboxylic acids is 1. The van der Waals surface area contributed by atoms with Crippen molar-refractivity contribution < 1.29 is 19.4 Å². The van der Waals surface area contributed by atoms with E-state index in [4.69, 9.17) is 9.84 Å². The van der Waals surface area contributed by atoms with Crippen molar-refractivity contribution >= 4 is 12.0 Å². The molecular formula is C21H25N3O4. The molecule has 0 radical (unpaired) electrons. The van der Waals surface area contributed by atoms with E-state index in [2.05, 4.69) is 30.2 Å². The van der Waals surface area contributed by atoms with E-state index < -0.39 is 5.97 Å². The lowest BCUT2D eigenvalue weighted by Crippen LogP contribution is -2.34. The maximum Gasteiger partial charge on any atom is 0.356 e. The van der Waals surface area contributed by atoms with Gasteiger partial charge in [0.05, 0.1) is 12.7 Å². The van der Waals surface area contributed by atoms with E-state index >= 15 is 0 Å². The van der Waals surface area contributed by atoms with E-state index in [1.807, 2.05) is 6.07 Å². The van der Waals surface area contributed by atoms with Crippen LogP contribution in [0.3, 0.4) is 0 Å². The zero-order valence-corrected chi connectivity index (χ0v) is 16.2. The Balaban J connectivity index is 1.32. The molecule has 1 aliphatic carbocycles. The van der Waals surface area contributed by atoms with Crippen molar-refractivity contribution in [1.29, 1.82) is 0 Å². The molecule has 1 N–H and O–H groups in total. The predicted octanol–water partition coefficient (Wildman–Crippen LogP) is 3.09. The molecule has 1 aromatic carbocycles. The van der Waals surface area contributed by atoms with Gasteiger partial charge < -0.3 is 14.7 Å². The van der Waals surface area contributed by atoms with Crippen LogP contribution < -0.4 is 0 Å². The van der Waals surface area contributed by atoms with Crippen LogP contribution in [0.25, 0.3) is 0 Å². The minimum absolute atomic E-state index is 0.0719. The monoisotopic (exact) mass is 383 g/mol. The van der Waals surface area contributed by atoms with Crippen molar-refractivity contribution in [3.05, 3.63) is 52.8 Å². The lowest BCUT2D eigenvalue weighted by atomic mass is 10.0. The number of carbonyl (C=O) groups is 2. The highest BCUT2D eigenvalue weighted by molar-refractivity contribution is 5.88. The Morgan fingerprint density at radius 1 is 1.21 bits per heavy atom. The molecule has 1 saturated carbocycles. The third kappa shape index (κ3) is 3.67. The molecule has 0 bridgehead atoms. The highest BCUT2D eigenvalue weighted by Gasteiger charge is 2.43. The minimum atomic E-state index is -1.11. The van der Waals surface area contributed by atoms with Crippen LogP contribution in [0.5, 0.6) is 0 Å². The molecule has 7 nitrogen and oxygen atoms in total. The molecule has 148 valence electrons. The summed E-state index contributed by atoms with van der Waals surface area (Å²) in [6.45, 7) is 5.70. The van der Waals surface area contributed by atoms with Gasteiger partial charge in [0.2, 0.25) is 0 Å². The number of benzene rings is 1. The number of aromatic nitrogens is 2. The lowest BCUT2D eigenvalue weighted by molar-refractivity contribution is 0.0383. The average molecular weight is 383 g/mol. The van der Waals surface area contributed by atoms with Gasteiger partial charge >= 0.3 is 12.0 Å². The maximum atomic E-state index is 12.7. The van der Waals surface area contributed by atoms with Crippen LogP contribution in [0.2, 0.25) is 0 Å². The van der Waals surface area contributed by atoms with Crippen molar-refractivity contribution in [2.45, 2.75) is 39.4 Å². The molecule has 1 aliphatic heterocycles. The first-order valence-electron chi connectivity index (χ1n) is 9.66. The van der Waals surface area contributed by atoms with Crippen LogP contribution >= 0.6 is 0 Å². The first kappa shape index (κ1) is 18.7. The van der Waals surface area contributed by atoms with E-state index in [1.165, 1.54) is 17.3 Å². The first-order chi connectivity index (χ1) is 13.4. The SMILES string of the molecule is Cc1cccc(COC2C[C@@H]3CN(C(=O)n4cc(C)c(C(=O)O)n4)C[C@@H]3C2)c1. The van der Waals surface area contributed by atoms with Gasteiger partial charge in [0, 0.05) is 24.8 Å². The Hall–Kier alpha value is -2.67. The van der Waals surface area contributed by atoms with Crippen LogP contribution in [-0.4, -0.2) is 51.0 Å². The van der Waals surface area contributed by atoms with Crippen LogP contribution in [0.15, 0.2) is 30.5 Å². The number of rotatable bonds is 4. The predicted molar refractivity (Wildman–Crippen MR) is 102 cm³/mol. The molecular weight excluding hydrogens is 358 g/mol. The first-order valence-corrected chi connectivity index (χ1v) is 9.66. The number of likely N-dealkylation sites (tertiary alicyclic amines) is 1. The second-order valence-electron chi connectivity index (χ2n) is 8.01. The Labute approximate surface area is 163 Å². The quantitative estimate of drug-likeness (QED) is 0.877. The summed E-state index contributed by atoms with van der Waals surface area (Å²) in [6.07, 6.45) is 3.64. The standard InChI is InChI=1S/C21H25N3O4/c1-13-4-3-5-15(6-13)12-28-18-7-16-10-23(11-17(16)8-18)21(27)24-9-14(2)19(22-24)20(25)26/h3-6,9,16-18H,7-8,10-12H2,1-2H3,(H,25,26)/t16-,17+,18?. The second kappa shape index (κ2) is 7.39. The zero-order chi connectivity index (χ0) is 19.8. The molecule has 28 heavy (non-hydrogen) atoms. The Morgan fingerprint density at radius 2 is 1.93 bits per heavy atom. The smallest absolute Gasteiger partial charge is 0.356 e.